The number of rotatable bonds is 3. The quantitative estimate of drug-likeness (QED) is 0.823. The van der Waals surface area contributed by atoms with Gasteiger partial charge in [0.1, 0.15) is 0 Å². The molecule has 0 radical (unpaired) electrons. The van der Waals surface area contributed by atoms with E-state index in [0.29, 0.717) is 13.0 Å². The number of para-hydroxylation sites is 1. The first-order chi connectivity index (χ1) is 9.00. The SMILES string of the molecule is CN(CCc1cn(C)c2ccccc12)C(=O)C(N)=O. The summed E-state index contributed by atoms with van der Waals surface area (Å²) in [6.45, 7) is 0.468. The maximum atomic E-state index is 11.4. The molecule has 0 spiro atoms. The van der Waals surface area contributed by atoms with E-state index in [-0.39, 0.29) is 0 Å². The number of aryl methyl sites for hydroxylation is 1. The lowest BCUT2D eigenvalue weighted by Crippen LogP contribution is -2.38. The highest BCUT2D eigenvalue weighted by atomic mass is 16.2. The first-order valence-corrected chi connectivity index (χ1v) is 6.08. The number of aromatic nitrogens is 1. The van der Waals surface area contributed by atoms with Crippen molar-refractivity contribution < 1.29 is 9.59 Å². The fourth-order valence-electron chi connectivity index (χ4n) is 2.20. The maximum absolute atomic E-state index is 11.4. The lowest BCUT2D eigenvalue weighted by molar-refractivity contribution is -0.143. The van der Waals surface area contributed by atoms with E-state index in [2.05, 4.69) is 16.7 Å². The van der Waals surface area contributed by atoms with Crippen LogP contribution in [-0.2, 0) is 23.1 Å². The average molecular weight is 259 g/mol. The van der Waals surface area contributed by atoms with E-state index in [1.165, 1.54) is 10.3 Å². The number of hydrogen-bond acceptors (Lipinski definition) is 2. The molecule has 0 bridgehead atoms. The van der Waals surface area contributed by atoms with Crippen molar-refractivity contribution in [3.05, 3.63) is 36.0 Å². The predicted octanol–water partition coefficient (Wildman–Crippen LogP) is 0.665. The summed E-state index contributed by atoms with van der Waals surface area (Å²) >= 11 is 0. The number of nitrogens with zero attached hydrogens (tertiary/aromatic N) is 2. The van der Waals surface area contributed by atoms with Gasteiger partial charge in [-0.05, 0) is 18.1 Å². The van der Waals surface area contributed by atoms with Gasteiger partial charge in [0.15, 0.2) is 0 Å². The molecule has 1 aromatic carbocycles. The van der Waals surface area contributed by atoms with Crippen molar-refractivity contribution in [2.24, 2.45) is 12.8 Å². The number of hydrogen-bond donors (Lipinski definition) is 1. The predicted molar refractivity (Wildman–Crippen MR) is 73.5 cm³/mol. The molecule has 2 amide bonds. The van der Waals surface area contributed by atoms with Gasteiger partial charge in [-0.25, -0.2) is 0 Å². The molecule has 0 saturated heterocycles. The van der Waals surface area contributed by atoms with Crippen molar-refractivity contribution in [3.63, 3.8) is 0 Å². The number of likely N-dealkylation sites (N-methyl/N-ethyl adjacent to an activating group) is 1. The fraction of sp³-hybridized carbons (Fsp3) is 0.286. The summed E-state index contributed by atoms with van der Waals surface area (Å²) in [4.78, 5) is 23.5. The molecule has 0 atom stereocenters. The molecule has 0 aliphatic rings. The molecule has 0 unspecified atom stereocenters. The zero-order chi connectivity index (χ0) is 14.0. The summed E-state index contributed by atoms with van der Waals surface area (Å²) in [5.74, 6) is -1.57. The van der Waals surface area contributed by atoms with Crippen LogP contribution in [0.4, 0.5) is 0 Å². The molecule has 5 heteroatoms. The highest BCUT2D eigenvalue weighted by Gasteiger charge is 2.15. The van der Waals surface area contributed by atoms with Crippen LogP contribution in [0.3, 0.4) is 0 Å². The Morgan fingerprint density at radius 3 is 2.68 bits per heavy atom. The van der Waals surface area contributed by atoms with Crippen molar-refractivity contribution in [2.75, 3.05) is 13.6 Å². The first kappa shape index (κ1) is 13.1. The smallest absolute Gasteiger partial charge is 0.311 e. The van der Waals surface area contributed by atoms with Gasteiger partial charge in [-0.15, -0.1) is 0 Å². The van der Waals surface area contributed by atoms with Crippen LogP contribution in [-0.4, -0.2) is 34.9 Å². The number of primary amides is 1. The van der Waals surface area contributed by atoms with Crippen molar-refractivity contribution in [1.29, 1.82) is 0 Å². The summed E-state index contributed by atoms with van der Waals surface area (Å²) < 4.78 is 2.06. The molecule has 5 nitrogen and oxygen atoms in total. The monoisotopic (exact) mass is 259 g/mol. The molecule has 0 fully saturated rings. The standard InChI is InChI=1S/C14H17N3O2/c1-16(14(19)13(15)18)8-7-10-9-17(2)12-6-4-3-5-11(10)12/h3-6,9H,7-8H2,1-2H3,(H2,15,18). The third-order valence-electron chi connectivity index (χ3n) is 3.25. The third kappa shape index (κ3) is 2.59. The molecule has 0 aliphatic carbocycles. The third-order valence-corrected chi connectivity index (χ3v) is 3.25. The van der Waals surface area contributed by atoms with E-state index in [9.17, 15) is 9.59 Å². The van der Waals surface area contributed by atoms with E-state index in [4.69, 9.17) is 5.73 Å². The summed E-state index contributed by atoms with van der Waals surface area (Å²) in [6, 6.07) is 8.09. The molecule has 2 N–H and O–H groups in total. The van der Waals surface area contributed by atoms with Gasteiger partial charge in [0.25, 0.3) is 0 Å². The van der Waals surface area contributed by atoms with Crippen LogP contribution >= 0.6 is 0 Å². The molecule has 100 valence electrons. The second kappa shape index (κ2) is 5.14. The summed E-state index contributed by atoms with van der Waals surface area (Å²) in [7, 11) is 3.57. The lowest BCUT2D eigenvalue weighted by atomic mass is 10.1. The minimum Gasteiger partial charge on any atom is -0.361 e. The second-order valence-corrected chi connectivity index (χ2v) is 4.62. The van der Waals surface area contributed by atoms with E-state index in [1.807, 2.05) is 25.4 Å². The Labute approximate surface area is 111 Å². The Morgan fingerprint density at radius 1 is 1.32 bits per heavy atom. The number of carbonyl (C=O) groups excluding carboxylic acids is 2. The molecule has 19 heavy (non-hydrogen) atoms. The lowest BCUT2D eigenvalue weighted by Gasteiger charge is -2.14. The second-order valence-electron chi connectivity index (χ2n) is 4.62. The van der Waals surface area contributed by atoms with Gasteiger partial charge in [0.05, 0.1) is 0 Å². The molecular formula is C14H17N3O2. The Morgan fingerprint density at radius 2 is 2.00 bits per heavy atom. The Hall–Kier alpha value is -2.30. The zero-order valence-corrected chi connectivity index (χ0v) is 11.1. The minimum absolute atomic E-state index is 0.468. The van der Waals surface area contributed by atoms with Gasteiger partial charge in [0, 0.05) is 37.7 Å². The Balaban J connectivity index is 2.14. The van der Waals surface area contributed by atoms with Crippen LogP contribution in [0.5, 0.6) is 0 Å². The van der Waals surface area contributed by atoms with Gasteiger partial charge in [0.2, 0.25) is 0 Å². The van der Waals surface area contributed by atoms with Crippen molar-refractivity contribution in [3.8, 4) is 0 Å². The van der Waals surface area contributed by atoms with E-state index >= 15 is 0 Å². The summed E-state index contributed by atoms with van der Waals surface area (Å²) in [5.41, 5.74) is 7.28. The summed E-state index contributed by atoms with van der Waals surface area (Å²) in [6.07, 6.45) is 2.74. The topological polar surface area (TPSA) is 68.3 Å². The van der Waals surface area contributed by atoms with Crippen molar-refractivity contribution in [1.82, 2.24) is 9.47 Å². The number of benzene rings is 1. The van der Waals surface area contributed by atoms with Gasteiger partial charge < -0.3 is 15.2 Å². The van der Waals surface area contributed by atoms with Crippen LogP contribution < -0.4 is 5.73 Å². The first-order valence-electron chi connectivity index (χ1n) is 6.08. The van der Waals surface area contributed by atoms with Crippen LogP contribution in [0.1, 0.15) is 5.56 Å². The molecule has 2 rings (SSSR count). The maximum Gasteiger partial charge on any atom is 0.311 e. The van der Waals surface area contributed by atoms with Crippen LogP contribution in [0, 0.1) is 0 Å². The van der Waals surface area contributed by atoms with Gasteiger partial charge in [-0.2, -0.15) is 0 Å². The molecule has 0 aliphatic heterocycles. The Kier molecular flexibility index (Phi) is 3.55. The zero-order valence-electron chi connectivity index (χ0n) is 11.1. The fourth-order valence-corrected chi connectivity index (χ4v) is 2.20. The van der Waals surface area contributed by atoms with Crippen LogP contribution in [0.25, 0.3) is 10.9 Å². The van der Waals surface area contributed by atoms with Crippen molar-refractivity contribution in [2.45, 2.75) is 6.42 Å². The van der Waals surface area contributed by atoms with Crippen LogP contribution in [0.15, 0.2) is 30.5 Å². The number of carbonyl (C=O) groups is 2. The highest BCUT2D eigenvalue weighted by molar-refractivity contribution is 6.34. The summed E-state index contributed by atoms with van der Waals surface area (Å²) in [5, 5.41) is 1.17. The average Bonchev–Trinajstić information content (AvgIpc) is 2.72. The number of nitrogens with two attached hydrogens (primary N) is 1. The molecular weight excluding hydrogens is 242 g/mol. The van der Waals surface area contributed by atoms with Gasteiger partial charge >= 0.3 is 11.8 Å². The van der Waals surface area contributed by atoms with Gasteiger partial charge in [-0.1, -0.05) is 18.2 Å². The number of fused-ring (bicyclic) bond motifs is 1. The van der Waals surface area contributed by atoms with Gasteiger partial charge in [-0.3, -0.25) is 9.59 Å². The number of amides is 2. The Bertz CT molecular complexity index is 631. The largest absolute Gasteiger partial charge is 0.361 e. The van der Waals surface area contributed by atoms with Crippen molar-refractivity contribution >= 4 is 22.7 Å². The highest BCUT2D eigenvalue weighted by Crippen LogP contribution is 2.20. The van der Waals surface area contributed by atoms with E-state index < -0.39 is 11.8 Å². The normalized spacial score (nSPS) is 10.6. The molecule has 1 aromatic heterocycles. The van der Waals surface area contributed by atoms with E-state index in [1.54, 1.807) is 7.05 Å². The van der Waals surface area contributed by atoms with E-state index in [0.717, 1.165) is 11.1 Å². The molecule has 1 heterocycles. The van der Waals surface area contributed by atoms with Crippen LogP contribution in [0.2, 0.25) is 0 Å². The molecule has 2 aromatic rings. The molecule has 0 saturated carbocycles. The minimum atomic E-state index is -0.916.